The maximum absolute atomic E-state index is 11.2. The highest BCUT2D eigenvalue weighted by Gasteiger charge is 2.22. The zero-order valence-electron chi connectivity index (χ0n) is 10.9. The summed E-state index contributed by atoms with van der Waals surface area (Å²) >= 11 is 0. The predicted octanol–water partition coefficient (Wildman–Crippen LogP) is 2.84. The van der Waals surface area contributed by atoms with E-state index < -0.39 is 5.97 Å². The van der Waals surface area contributed by atoms with Gasteiger partial charge in [-0.05, 0) is 19.1 Å². The van der Waals surface area contributed by atoms with Crippen molar-refractivity contribution in [2.24, 2.45) is 0 Å². The molecule has 3 aromatic rings. The first-order valence-corrected chi connectivity index (χ1v) is 5.96. The highest BCUT2D eigenvalue weighted by molar-refractivity contribution is 6.02. The van der Waals surface area contributed by atoms with Crippen LogP contribution in [-0.4, -0.2) is 28.3 Å². The summed E-state index contributed by atoms with van der Waals surface area (Å²) in [4.78, 5) is 14.4. The molecule has 0 aliphatic rings. The van der Waals surface area contributed by atoms with Gasteiger partial charge in [0.05, 0.1) is 18.8 Å². The SMILES string of the molecule is COc1ccc2c(-c3oncc3C(=O)O)c(C)[nH]c2c1. The van der Waals surface area contributed by atoms with Crippen molar-refractivity contribution < 1.29 is 19.2 Å². The van der Waals surface area contributed by atoms with Gasteiger partial charge in [0.1, 0.15) is 11.3 Å². The molecule has 0 amide bonds. The molecule has 20 heavy (non-hydrogen) atoms. The number of aromatic amines is 1. The van der Waals surface area contributed by atoms with E-state index in [2.05, 4.69) is 10.1 Å². The van der Waals surface area contributed by atoms with Crippen molar-refractivity contribution in [2.45, 2.75) is 6.92 Å². The molecule has 0 bridgehead atoms. The summed E-state index contributed by atoms with van der Waals surface area (Å²) in [6.07, 6.45) is 1.21. The van der Waals surface area contributed by atoms with Gasteiger partial charge in [-0.1, -0.05) is 5.16 Å². The van der Waals surface area contributed by atoms with Crippen molar-refractivity contribution >= 4 is 16.9 Å². The molecule has 0 saturated heterocycles. The Morgan fingerprint density at radius 1 is 1.45 bits per heavy atom. The summed E-state index contributed by atoms with van der Waals surface area (Å²) in [7, 11) is 1.59. The van der Waals surface area contributed by atoms with Crippen LogP contribution in [0.4, 0.5) is 0 Å². The third kappa shape index (κ3) is 1.73. The number of hydrogen-bond donors (Lipinski definition) is 2. The molecule has 0 spiro atoms. The molecule has 0 saturated carbocycles. The second-order valence-corrected chi connectivity index (χ2v) is 4.41. The van der Waals surface area contributed by atoms with Gasteiger partial charge in [-0.3, -0.25) is 0 Å². The Hall–Kier alpha value is -2.76. The molecule has 2 aromatic heterocycles. The fourth-order valence-electron chi connectivity index (χ4n) is 2.30. The number of carboxylic acids is 1. The van der Waals surface area contributed by atoms with Crippen LogP contribution >= 0.6 is 0 Å². The molecule has 0 radical (unpaired) electrons. The molecular weight excluding hydrogens is 260 g/mol. The van der Waals surface area contributed by atoms with E-state index in [1.807, 2.05) is 25.1 Å². The molecule has 3 rings (SSSR count). The van der Waals surface area contributed by atoms with Gasteiger partial charge in [0.2, 0.25) is 0 Å². The first-order valence-electron chi connectivity index (χ1n) is 5.96. The van der Waals surface area contributed by atoms with Crippen LogP contribution in [0.25, 0.3) is 22.2 Å². The van der Waals surface area contributed by atoms with Gasteiger partial charge >= 0.3 is 5.97 Å². The molecule has 0 fully saturated rings. The number of nitrogens with zero attached hydrogens (tertiary/aromatic N) is 1. The number of H-pyrrole nitrogens is 1. The number of benzene rings is 1. The van der Waals surface area contributed by atoms with Crippen LogP contribution in [-0.2, 0) is 0 Å². The van der Waals surface area contributed by atoms with Crippen molar-refractivity contribution in [1.29, 1.82) is 0 Å². The predicted molar refractivity (Wildman–Crippen MR) is 72.0 cm³/mol. The van der Waals surface area contributed by atoms with E-state index in [0.29, 0.717) is 5.56 Å². The lowest BCUT2D eigenvalue weighted by molar-refractivity contribution is 0.0697. The molecule has 0 aliphatic carbocycles. The van der Waals surface area contributed by atoms with E-state index in [-0.39, 0.29) is 11.3 Å². The standard InChI is InChI=1S/C14H12N2O4/c1-7-12(13-10(14(17)18)6-15-20-13)9-4-3-8(19-2)5-11(9)16-7/h3-6,16H,1-2H3,(H,17,18). The normalized spacial score (nSPS) is 10.9. The lowest BCUT2D eigenvalue weighted by Crippen LogP contribution is -1.96. The number of aryl methyl sites for hydroxylation is 1. The molecule has 6 heteroatoms. The van der Waals surface area contributed by atoms with Crippen molar-refractivity contribution in [1.82, 2.24) is 10.1 Å². The number of nitrogens with one attached hydrogen (secondary N) is 1. The quantitative estimate of drug-likeness (QED) is 0.765. The highest BCUT2D eigenvalue weighted by atomic mass is 16.5. The summed E-state index contributed by atoms with van der Waals surface area (Å²) in [5.41, 5.74) is 2.42. The third-order valence-corrected chi connectivity index (χ3v) is 3.22. The molecule has 0 unspecified atom stereocenters. The van der Waals surface area contributed by atoms with Crippen LogP contribution in [0.1, 0.15) is 16.1 Å². The van der Waals surface area contributed by atoms with Crippen LogP contribution in [0, 0.1) is 6.92 Å². The van der Waals surface area contributed by atoms with Crippen molar-refractivity contribution in [3.05, 3.63) is 35.7 Å². The fraction of sp³-hybridized carbons (Fsp3) is 0.143. The molecule has 1 aromatic carbocycles. The van der Waals surface area contributed by atoms with Crippen LogP contribution in [0.5, 0.6) is 5.75 Å². The first kappa shape index (κ1) is 12.3. The lowest BCUT2D eigenvalue weighted by atomic mass is 10.1. The summed E-state index contributed by atoms with van der Waals surface area (Å²) in [5, 5.41) is 13.6. The summed E-state index contributed by atoms with van der Waals surface area (Å²) < 4.78 is 10.3. The topological polar surface area (TPSA) is 88.3 Å². The number of fused-ring (bicyclic) bond motifs is 1. The smallest absolute Gasteiger partial charge is 0.341 e. The minimum Gasteiger partial charge on any atom is -0.497 e. The lowest BCUT2D eigenvalue weighted by Gasteiger charge is -2.00. The summed E-state index contributed by atoms with van der Waals surface area (Å²) in [5.74, 6) is -0.0868. The maximum Gasteiger partial charge on any atom is 0.341 e. The van der Waals surface area contributed by atoms with Crippen molar-refractivity contribution in [3.63, 3.8) is 0 Å². The van der Waals surface area contributed by atoms with Gasteiger partial charge in [-0.15, -0.1) is 0 Å². The van der Waals surface area contributed by atoms with Gasteiger partial charge in [0.15, 0.2) is 5.76 Å². The number of methoxy groups -OCH3 is 1. The number of aromatic nitrogens is 2. The molecular formula is C14H12N2O4. The molecule has 6 nitrogen and oxygen atoms in total. The number of ether oxygens (including phenoxy) is 1. The van der Waals surface area contributed by atoms with E-state index in [4.69, 9.17) is 14.4 Å². The Bertz CT molecular complexity index is 801. The van der Waals surface area contributed by atoms with Crippen LogP contribution < -0.4 is 4.74 Å². The van der Waals surface area contributed by atoms with Gasteiger partial charge in [0, 0.05) is 22.7 Å². The Kier molecular flexibility index (Phi) is 2.71. The zero-order chi connectivity index (χ0) is 14.3. The second-order valence-electron chi connectivity index (χ2n) is 4.41. The molecule has 102 valence electrons. The molecule has 2 heterocycles. The largest absolute Gasteiger partial charge is 0.497 e. The monoisotopic (exact) mass is 272 g/mol. The van der Waals surface area contributed by atoms with E-state index in [9.17, 15) is 4.79 Å². The number of aromatic carboxylic acids is 1. The van der Waals surface area contributed by atoms with Crippen LogP contribution in [0.2, 0.25) is 0 Å². The molecule has 0 aliphatic heterocycles. The van der Waals surface area contributed by atoms with E-state index >= 15 is 0 Å². The van der Waals surface area contributed by atoms with Crippen LogP contribution in [0.3, 0.4) is 0 Å². The second kappa shape index (κ2) is 4.41. The average Bonchev–Trinajstić information content (AvgIpc) is 3.00. The van der Waals surface area contributed by atoms with E-state index in [0.717, 1.165) is 22.3 Å². The maximum atomic E-state index is 11.2. The minimum atomic E-state index is -1.07. The minimum absolute atomic E-state index is 0.0461. The van der Waals surface area contributed by atoms with Gasteiger partial charge in [-0.25, -0.2) is 4.79 Å². The zero-order valence-corrected chi connectivity index (χ0v) is 10.9. The fourth-order valence-corrected chi connectivity index (χ4v) is 2.30. The Morgan fingerprint density at radius 3 is 2.95 bits per heavy atom. The average molecular weight is 272 g/mol. The van der Waals surface area contributed by atoms with Crippen molar-refractivity contribution in [2.75, 3.05) is 7.11 Å². The van der Waals surface area contributed by atoms with E-state index in [1.54, 1.807) is 7.11 Å². The third-order valence-electron chi connectivity index (χ3n) is 3.22. The van der Waals surface area contributed by atoms with Crippen LogP contribution in [0.15, 0.2) is 28.9 Å². The Labute approximate surface area is 114 Å². The molecule has 2 N–H and O–H groups in total. The summed E-state index contributed by atoms with van der Waals surface area (Å²) in [6, 6.07) is 5.53. The molecule has 0 atom stereocenters. The number of rotatable bonds is 3. The van der Waals surface area contributed by atoms with Gasteiger partial charge in [0.25, 0.3) is 0 Å². The van der Waals surface area contributed by atoms with Gasteiger partial charge in [-0.2, -0.15) is 0 Å². The highest BCUT2D eigenvalue weighted by Crippen LogP contribution is 2.35. The summed E-state index contributed by atoms with van der Waals surface area (Å²) in [6.45, 7) is 1.86. The number of carbonyl (C=O) groups is 1. The number of hydrogen-bond acceptors (Lipinski definition) is 4. The van der Waals surface area contributed by atoms with Gasteiger partial charge < -0.3 is 19.4 Å². The van der Waals surface area contributed by atoms with E-state index in [1.165, 1.54) is 6.20 Å². The Balaban J connectivity index is 2.28. The Morgan fingerprint density at radius 2 is 2.25 bits per heavy atom. The van der Waals surface area contributed by atoms with Crippen molar-refractivity contribution in [3.8, 4) is 17.1 Å². The number of carboxylic acid groups (broad SMARTS) is 1. The first-order chi connectivity index (χ1) is 9.61.